The number of hydrogen-bond donors (Lipinski definition) is 0. The summed E-state index contributed by atoms with van der Waals surface area (Å²) in [6, 6.07) is 2.74. The molecule has 0 radical (unpaired) electrons. The van der Waals surface area contributed by atoms with Crippen LogP contribution >= 0.6 is 0 Å². The molecule has 1 aliphatic rings. The fraction of sp³-hybridized carbons (Fsp3) is 0.625. The van der Waals surface area contributed by atoms with Gasteiger partial charge >= 0.3 is 0 Å². The van der Waals surface area contributed by atoms with Crippen LogP contribution in [0.4, 0.5) is 0 Å². The normalized spacial score (nSPS) is 20.0. The minimum absolute atomic E-state index is 0.581. The molecule has 0 amide bonds. The second-order valence-corrected chi connectivity index (χ2v) is 6.25. The zero-order valence-corrected chi connectivity index (χ0v) is 13.3. The molecule has 1 fully saturated rings. The van der Waals surface area contributed by atoms with E-state index in [0.717, 1.165) is 18.8 Å². The molecule has 2 aromatic rings. The summed E-state index contributed by atoms with van der Waals surface area (Å²) in [5, 5.41) is 8.90. The topological polar surface area (TPSA) is 38.9 Å². The molecule has 3 heterocycles. The number of hydrogen-bond acceptors (Lipinski definition) is 3. The van der Waals surface area contributed by atoms with Crippen molar-refractivity contribution in [2.24, 2.45) is 7.05 Å². The molecule has 0 aliphatic carbocycles. The van der Waals surface area contributed by atoms with Crippen molar-refractivity contribution in [2.75, 3.05) is 6.54 Å². The Kier molecular flexibility index (Phi) is 4.10. The smallest absolute Gasteiger partial charge is 0.0596 e. The molecular weight excluding hydrogens is 262 g/mol. The van der Waals surface area contributed by atoms with E-state index in [9.17, 15) is 0 Å². The first-order valence-corrected chi connectivity index (χ1v) is 7.84. The van der Waals surface area contributed by atoms with Crippen molar-refractivity contribution >= 4 is 0 Å². The van der Waals surface area contributed by atoms with Crippen molar-refractivity contribution in [3.05, 3.63) is 35.4 Å². The van der Waals surface area contributed by atoms with E-state index in [1.54, 1.807) is 0 Å². The van der Waals surface area contributed by atoms with Crippen LogP contribution in [0.2, 0.25) is 0 Å². The van der Waals surface area contributed by atoms with Crippen molar-refractivity contribution in [1.82, 2.24) is 24.5 Å². The molecule has 0 N–H and O–H groups in total. The van der Waals surface area contributed by atoms with Crippen molar-refractivity contribution < 1.29 is 0 Å². The van der Waals surface area contributed by atoms with Crippen LogP contribution in [0.15, 0.2) is 18.5 Å². The molecule has 21 heavy (non-hydrogen) atoms. The summed E-state index contributed by atoms with van der Waals surface area (Å²) >= 11 is 0. The molecule has 0 spiro atoms. The zero-order valence-electron chi connectivity index (χ0n) is 13.3. The van der Waals surface area contributed by atoms with Crippen molar-refractivity contribution in [3.8, 4) is 0 Å². The molecule has 1 aliphatic heterocycles. The molecule has 0 bridgehead atoms. The summed E-state index contributed by atoms with van der Waals surface area (Å²) in [6.45, 7) is 7.39. The van der Waals surface area contributed by atoms with Crippen LogP contribution < -0.4 is 0 Å². The van der Waals surface area contributed by atoms with E-state index < -0.39 is 0 Å². The first-order chi connectivity index (χ1) is 10.1. The summed E-state index contributed by atoms with van der Waals surface area (Å²) in [5.74, 6) is 0. The van der Waals surface area contributed by atoms with Crippen LogP contribution in [0.5, 0.6) is 0 Å². The molecule has 5 nitrogen and oxygen atoms in total. The van der Waals surface area contributed by atoms with E-state index in [4.69, 9.17) is 0 Å². The minimum Gasteiger partial charge on any atom is -0.294 e. The van der Waals surface area contributed by atoms with Crippen molar-refractivity contribution in [3.63, 3.8) is 0 Å². The van der Waals surface area contributed by atoms with E-state index in [-0.39, 0.29) is 0 Å². The third-order valence-corrected chi connectivity index (χ3v) is 4.38. The lowest BCUT2D eigenvalue weighted by Crippen LogP contribution is -2.41. The van der Waals surface area contributed by atoms with Crippen LogP contribution in [-0.2, 0) is 20.1 Å². The Morgan fingerprint density at radius 3 is 2.81 bits per heavy atom. The second-order valence-electron chi connectivity index (χ2n) is 6.25. The zero-order chi connectivity index (χ0) is 14.8. The van der Waals surface area contributed by atoms with Crippen LogP contribution in [0.1, 0.15) is 36.2 Å². The largest absolute Gasteiger partial charge is 0.294 e. The number of rotatable bonds is 4. The average molecular weight is 287 g/mol. The number of nitrogens with zero attached hydrogens (tertiary/aromatic N) is 5. The van der Waals surface area contributed by atoms with Gasteiger partial charge in [0.15, 0.2) is 0 Å². The average Bonchev–Trinajstić information content (AvgIpc) is 2.98. The molecule has 1 saturated heterocycles. The van der Waals surface area contributed by atoms with Gasteiger partial charge in [0, 0.05) is 37.1 Å². The molecule has 2 aromatic heterocycles. The van der Waals surface area contributed by atoms with Gasteiger partial charge in [0.2, 0.25) is 0 Å². The van der Waals surface area contributed by atoms with Gasteiger partial charge in [-0.2, -0.15) is 10.2 Å². The Morgan fingerprint density at radius 1 is 1.29 bits per heavy atom. The van der Waals surface area contributed by atoms with Gasteiger partial charge in [-0.3, -0.25) is 14.3 Å². The Labute approximate surface area is 126 Å². The maximum Gasteiger partial charge on any atom is 0.0596 e. The van der Waals surface area contributed by atoms with Crippen LogP contribution in [-0.4, -0.2) is 37.0 Å². The van der Waals surface area contributed by atoms with Gasteiger partial charge < -0.3 is 0 Å². The van der Waals surface area contributed by atoms with Crippen LogP contribution in [0, 0.1) is 13.8 Å². The summed E-state index contributed by atoms with van der Waals surface area (Å²) in [4.78, 5) is 2.59. The molecule has 0 saturated carbocycles. The Hall–Kier alpha value is -1.62. The maximum absolute atomic E-state index is 4.62. The van der Waals surface area contributed by atoms with E-state index >= 15 is 0 Å². The summed E-state index contributed by atoms with van der Waals surface area (Å²) in [5.41, 5.74) is 3.68. The van der Waals surface area contributed by atoms with Gasteiger partial charge in [-0.15, -0.1) is 0 Å². The third-order valence-electron chi connectivity index (χ3n) is 4.38. The molecule has 5 heteroatoms. The van der Waals surface area contributed by atoms with E-state index in [1.807, 2.05) is 17.9 Å². The SMILES string of the molecule is Cc1cc(C)n(C[C@H]2CCCCN2Cc2cnn(C)c2)n1. The standard InChI is InChI=1S/C16H25N5/c1-13-8-14(2)21(18-13)12-16-6-4-5-7-20(16)11-15-9-17-19(3)10-15/h8-10,16H,4-7,11-12H2,1-3H3/t16-/m1/s1. The Morgan fingerprint density at radius 2 is 2.14 bits per heavy atom. The number of aryl methyl sites for hydroxylation is 3. The highest BCUT2D eigenvalue weighted by atomic mass is 15.3. The van der Waals surface area contributed by atoms with E-state index in [2.05, 4.69) is 45.9 Å². The number of likely N-dealkylation sites (tertiary alicyclic amines) is 1. The van der Waals surface area contributed by atoms with Gasteiger partial charge in [0.05, 0.1) is 18.4 Å². The summed E-state index contributed by atoms with van der Waals surface area (Å²) < 4.78 is 4.05. The molecular formula is C16H25N5. The maximum atomic E-state index is 4.62. The van der Waals surface area contributed by atoms with Gasteiger partial charge in [0.25, 0.3) is 0 Å². The summed E-state index contributed by atoms with van der Waals surface area (Å²) in [6.07, 6.45) is 7.99. The van der Waals surface area contributed by atoms with Gasteiger partial charge in [-0.1, -0.05) is 6.42 Å². The summed E-state index contributed by atoms with van der Waals surface area (Å²) in [7, 11) is 1.98. The van der Waals surface area contributed by atoms with Gasteiger partial charge in [-0.05, 0) is 39.3 Å². The predicted octanol–water partition coefficient (Wildman–Crippen LogP) is 2.29. The molecule has 0 unspecified atom stereocenters. The highest BCUT2D eigenvalue weighted by molar-refractivity contribution is 5.07. The lowest BCUT2D eigenvalue weighted by Gasteiger charge is -2.35. The Bertz CT molecular complexity index is 598. The minimum atomic E-state index is 0.581. The van der Waals surface area contributed by atoms with E-state index in [0.29, 0.717) is 6.04 Å². The quantitative estimate of drug-likeness (QED) is 0.866. The van der Waals surface area contributed by atoms with Gasteiger partial charge in [0.1, 0.15) is 0 Å². The number of aromatic nitrogens is 4. The van der Waals surface area contributed by atoms with Crippen LogP contribution in [0.25, 0.3) is 0 Å². The van der Waals surface area contributed by atoms with Crippen LogP contribution in [0.3, 0.4) is 0 Å². The lowest BCUT2D eigenvalue weighted by atomic mass is 10.0. The van der Waals surface area contributed by atoms with Gasteiger partial charge in [-0.25, -0.2) is 0 Å². The molecule has 3 rings (SSSR count). The highest BCUT2D eigenvalue weighted by Gasteiger charge is 2.24. The van der Waals surface area contributed by atoms with Crippen molar-refractivity contribution in [1.29, 1.82) is 0 Å². The fourth-order valence-electron chi connectivity index (χ4n) is 3.32. The Balaban J connectivity index is 1.70. The first-order valence-electron chi connectivity index (χ1n) is 7.84. The highest BCUT2D eigenvalue weighted by Crippen LogP contribution is 2.21. The lowest BCUT2D eigenvalue weighted by molar-refractivity contribution is 0.121. The molecule has 114 valence electrons. The van der Waals surface area contributed by atoms with E-state index in [1.165, 1.54) is 37.1 Å². The number of piperidine rings is 1. The first kappa shape index (κ1) is 14.3. The second kappa shape index (κ2) is 6.02. The van der Waals surface area contributed by atoms with Crippen molar-refractivity contribution in [2.45, 2.75) is 52.2 Å². The molecule has 0 aromatic carbocycles. The third kappa shape index (κ3) is 3.35. The molecule has 1 atom stereocenters. The fourth-order valence-corrected chi connectivity index (χ4v) is 3.32. The monoisotopic (exact) mass is 287 g/mol. The predicted molar refractivity (Wildman–Crippen MR) is 83.0 cm³/mol.